The first-order chi connectivity index (χ1) is 30.2. The normalized spacial score (nSPS) is 13.2. The fraction of sp³-hybridized carbons (Fsp3) is 0.0179. The number of nitrogens with one attached hydrogen (secondary N) is 1. The van der Waals surface area contributed by atoms with Crippen LogP contribution in [-0.2, 0) is 5.41 Å². The lowest BCUT2D eigenvalue weighted by molar-refractivity contribution is 0.436. The van der Waals surface area contributed by atoms with Crippen molar-refractivity contribution in [3.05, 3.63) is 222 Å². The first kappa shape index (κ1) is 33.8. The van der Waals surface area contributed by atoms with E-state index in [2.05, 4.69) is 187 Å². The summed E-state index contributed by atoms with van der Waals surface area (Å²) in [4.78, 5) is 19.4. The van der Waals surface area contributed by atoms with E-state index in [0.717, 1.165) is 66.7 Å². The van der Waals surface area contributed by atoms with Gasteiger partial charge in [0, 0.05) is 49.6 Å². The standard InChI is InChI=1S/C56H34N4O/c1-2-14-36(15-3-1)53-58-54(37-28-25-35(26-29-37)39-30-27-34-13-4-5-16-38(34)31-39)60-55(59-53)41-18-12-22-48-52(41)43-32-42-40-17-6-7-19-44(40)56(47(42)33-49(43)57-48)45-20-8-10-23-50(45)61-51-24-11-9-21-46(51)56/h1-33,57H. The van der Waals surface area contributed by atoms with E-state index >= 15 is 0 Å². The predicted molar refractivity (Wildman–Crippen MR) is 246 cm³/mol. The molecule has 0 saturated carbocycles. The molecule has 5 heteroatoms. The van der Waals surface area contributed by atoms with Crippen molar-refractivity contribution in [1.29, 1.82) is 0 Å². The highest BCUT2D eigenvalue weighted by Crippen LogP contribution is 2.62. The molecule has 0 atom stereocenters. The number of aromatic nitrogens is 4. The van der Waals surface area contributed by atoms with Crippen LogP contribution < -0.4 is 4.74 Å². The summed E-state index contributed by atoms with van der Waals surface area (Å²) >= 11 is 0. The third-order valence-electron chi connectivity index (χ3n) is 12.7. The first-order valence-electron chi connectivity index (χ1n) is 20.7. The van der Waals surface area contributed by atoms with Gasteiger partial charge in [0.05, 0.1) is 5.41 Å². The van der Waals surface area contributed by atoms with Crippen LogP contribution in [-0.4, -0.2) is 19.9 Å². The summed E-state index contributed by atoms with van der Waals surface area (Å²) < 4.78 is 6.59. The van der Waals surface area contributed by atoms with Gasteiger partial charge in [-0.2, -0.15) is 0 Å². The molecule has 0 amide bonds. The molecule has 5 nitrogen and oxygen atoms in total. The lowest BCUT2D eigenvalue weighted by Crippen LogP contribution is -2.32. The van der Waals surface area contributed by atoms with E-state index in [4.69, 9.17) is 19.7 Å². The molecule has 2 aliphatic rings. The number of nitrogens with zero attached hydrogens (tertiary/aromatic N) is 3. The van der Waals surface area contributed by atoms with Crippen molar-refractivity contribution < 1.29 is 4.74 Å². The third kappa shape index (κ3) is 4.98. The maximum absolute atomic E-state index is 6.59. The van der Waals surface area contributed by atoms with Crippen LogP contribution in [0.4, 0.5) is 0 Å². The molecule has 0 unspecified atom stereocenters. The Balaban J connectivity index is 1.01. The fourth-order valence-corrected chi connectivity index (χ4v) is 10.0. The molecular weight excluding hydrogens is 745 g/mol. The zero-order valence-electron chi connectivity index (χ0n) is 32.8. The molecule has 0 radical (unpaired) electrons. The molecule has 61 heavy (non-hydrogen) atoms. The van der Waals surface area contributed by atoms with E-state index in [1.54, 1.807) is 0 Å². The molecule has 1 N–H and O–H groups in total. The number of para-hydroxylation sites is 2. The fourth-order valence-electron chi connectivity index (χ4n) is 10.0. The molecule has 2 aromatic heterocycles. The summed E-state index contributed by atoms with van der Waals surface area (Å²) in [6.45, 7) is 0. The zero-order chi connectivity index (χ0) is 40.1. The van der Waals surface area contributed by atoms with Gasteiger partial charge in [-0.1, -0.05) is 164 Å². The number of rotatable bonds is 4. The number of hydrogen-bond acceptors (Lipinski definition) is 4. The Kier molecular flexibility index (Phi) is 7.16. The van der Waals surface area contributed by atoms with Crippen molar-refractivity contribution in [1.82, 2.24) is 19.9 Å². The highest BCUT2D eigenvalue weighted by atomic mass is 16.5. The monoisotopic (exact) mass is 778 g/mol. The lowest BCUT2D eigenvalue weighted by Gasteiger charge is -2.39. The van der Waals surface area contributed by atoms with Crippen molar-refractivity contribution in [3.8, 4) is 67.9 Å². The predicted octanol–water partition coefficient (Wildman–Crippen LogP) is 13.8. The quantitative estimate of drug-likeness (QED) is 0.193. The molecule has 1 aliphatic carbocycles. The maximum Gasteiger partial charge on any atom is 0.164 e. The average molecular weight is 779 g/mol. The van der Waals surface area contributed by atoms with Gasteiger partial charge in [0.15, 0.2) is 17.5 Å². The third-order valence-corrected chi connectivity index (χ3v) is 12.7. The Bertz CT molecular complexity index is 3530. The molecule has 3 heterocycles. The number of fused-ring (bicyclic) bond motifs is 13. The Morgan fingerprint density at radius 2 is 0.951 bits per heavy atom. The Morgan fingerprint density at radius 1 is 0.361 bits per heavy atom. The highest BCUT2D eigenvalue weighted by Gasteiger charge is 2.51. The van der Waals surface area contributed by atoms with Crippen LogP contribution in [0, 0.1) is 0 Å². The van der Waals surface area contributed by atoms with Gasteiger partial charge in [-0.25, -0.2) is 15.0 Å². The second-order valence-corrected chi connectivity index (χ2v) is 16.0. The van der Waals surface area contributed by atoms with Crippen molar-refractivity contribution in [3.63, 3.8) is 0 Å². The molecular formula is C56H34N4O. The van der Waals surface area contributed by atoms with Gasteiger partial charge >= 0.3 is 0 Å². The van der Waals surface area contributed by atoms with E-state index in [-0.39, 0.29) is 0 Å². The van der Waals surface area contributed by atoms with Gasteiger partial charge < -0.3 is 9.72 Å². The lowest BCUT2D eigenvalue weighted by atomic mass is 9.66. The SMILES string of the molecule is c1ccc(-c2nc(-c3ccc(-c4ccc5ccccc5c4)cc3)nc(-c3cccc4[nH]c5cc6c(cc5c34)-c3ccccc3C63c4ccccc4Oc4ccccc43)n2)cc1. The van der Waals surface area contributed by atoms with Crippen molar-refractivity contribution in [2.45, 2.75) is 5.41 Å². The van der Waals surface area contributed by atoms with Crippen LogP contribution in [0.25, 0.3) is 89.0 Å². The minimum atomic E-state index is -0.552. The number of aromatic amines is 1. The van der Waals surface area contributed by atoms with Gasteiger partial charge in [0.2, 0.25) is 0 Å². The van der Waals surface area contributed by atoms with Crippen LogP contribution in [0.15, 0.2) is 200 Å². The van der Waals surface area contributed by atoms with E-state index in [1.165, 1.54) is 38.6 Å². The number of hydrogen-bond donors (Lipinski definition) is 1. The van der Waals surface area contributed by atoms with E-state index in [1.807, 2.05) is 18.2 Å². The second kappa shape index (κ2) is 12.9. The van der Waals surface area contributed by atoms with Crippen LogP contribution in [0.3, 0.4) is 0 Å². The molecule has 11 aromatic rings. The second-order valence-electron chi connectivity index (χ2n) is 16.0. The Hall–Kier alpha value is -8.15. The van der Waals surface area contributed by atoms with Crippen LogP contribution in [0.2, 0.25) is 0 Å². The molecule has 1 spiro atoms. The summed E-state index contributed by atoms with van der Waals surface area (Å²) in [6, 6.07) is 70.8. The summed E-state index contributed by atoms with van der Waals surface area (Å²) in [5.41, 5.74) is 13.8. The van der Waals surface area contributed by atoms with Crippen molar-refractivity contribution in [2.75, 3.05) is 0 Å². The Morgan fingerprint density at radius 3 is 1.72 bits per heavy atom. The van der Waals surface area contributed by atoms with E-state index in [9.17, 15) is 0 Å². The first-order valence-corrected chi connectivity index (χ1v) is 20.7. The number of H-pyrrole nitrogens is 1. The summed E-state index contributed by atoms with van der Waals surface area (Å²) in [5.74, 6) is 3.64. The summed E-state index contributed by atoms with van der Waals surface area (Å²) in [5, 5.41) is 4.65. The van der Waals surface area contributed by atoms with Crippen molar-refractivity contribution in [2.24, 2.45) is 0 Å². The van der Waals surface area contributed by atoms with Crippen LogP contribution in [0.5, 0.6) is 11.5 Å². The largest absolute Gasteiger partial charge is 0.457 e. The van der Waals surface area contributed by atoms with Crippen molar-refractivity contribution >= 4 is 32.6 Å². The molecule has 13 rings (SSSR count). The number of ether oxygens (including phenoxy) is 1. The minimum absolute atomic E-state index is 0.552. The van der Waals surface area contributed by atoms with E-state index < -0.39 is 5.41 Å². The minimum Gasteiger partial charge on any atom is -0.457 e. The van der Waals surface area contributed by atoms with Gasteiger partial charge in [-0.3, -0.25) is 0 Å². The van der Waals surface area contributed by atoms with Crippen LogP contribution in [0.1, 0.15) is 22.3 Å². The van der Waals surface area contributed by atoms with Crippen LogP contribution >= 0.6 is 0 Å². The highest BCUT2D eigenvalue weighted by molar-refractivity contribution is 6.15. The average Bonchev–Trinajstić information content (AvgIpc) is 3.84. The maximum atomic E-state index is 6.59. The zero-order valence-corrected chi connectivity index (χ0v) is 32.8. The molecule has 0 fully saturated rings. The molecule has 0 bridgehead atoms. The molecule has 1 aliphatic heterocycles. The summed E-state index contributed by atoms with van der Waals surface area (Å²) in [7, 11) is 0. The van der Waals surface area contributed by atoms with Gasteiger partial charge in [-0.15, -0.1) is 0 Å². The Labute approximate surface area is 351 Å². The molecule has 0 saturated heterocycles. The number of benzene rings is 9. The summed E-state index contributed by atoms with van der Waals surface area (Å²) in [6.07, 6.45) is 0. The topological polar surface area (TPSA) is 63.7 Å². The van der Waals surface area contributed by atoms with E-state index in [0.29, 0.717) is 17.5 Å². The van der Waals surface area contributed by atoms with Gasteiger partial charge in [0.1, 0.15) is 11.5 Å². The van der Waals surface area contributed by atoms with Gasteiger partial charge in [0.25, 0.3) is 0 Å². The van der Waals surface area contributed by atoms with Gasteiger partial charge in [-0.05, 0) is 80.6 Å². The smallest absolute Gasteiger partial charge is 0.164 e. The molecule has 284 valence electrons. The molecule has 9 aromatic carbocycles.